The van der Waals surface area contributed by atoms with E-state index in [1.807, 2.05) is 4.57 Å². The summed E-state index contributed by atoms with van der Waals surface area (Å²) in [5, 5.41) is 12.7. The molecule has 188 valence electrons. The molecule has 0 spiro atoms. The van der Waals surface area contributed by atoms with Crippen LogP contribution < -0.4 is 10.1 Å². The molecule has 1 unspecified atom stereocenters. The first-order valence-corrected chi connectivity index (χ1v) is 11.6. The van der Waals surface area contributed by atoms with Crippen molar-refractivity contribution in [2.75, 3.05) is 12.4 Å². The van der Waals surface area contributed by atoms with Gasteiger partial charge in [0.05, 0.1) is 23.7 Å². The number of ether oxygens (including phenoxy) is 1. The predicted molar refractivity (Wildman–Crippen MR) is 128 cm³/mol. The van der Waals surface area contributed by atoms with Gasteiger partial charge in [0.2, 0.25) is 5.95 Å². The lowest BCUT2D eigenvalue weighted by Gasteiger charge is -2.39. The quantitative estimate of drug-likeness (QED) is 0.391. The van der Waals surface area contributed by atoms with Crippen molar-refractivity contribution in [2.24, 2.45) is 17.3 Å². The molecule has 0 radical (unpaired) electrons. The van der Waals surface area contributed by atoms with E-state index in [1.165, 1.54) is 25.3 Å². The summed E-state index contributed by atoms with van der Waals surface area (Å²) in [6.07, 6.45) is -1.19. The van der Waals surface area contributed by atoms with Crippen LogP contribution in [0, 0.1) is 17.3 Å². The summed E-state index contributed by atoms with van der Waals surface area (Å²) in [7, 11) is 1.42. The number of carboxylic acid groups (broad SMARTS) is 1. The Morgan fingerprint density at radius 3 is 2.49 bits per heavy atom. The summed E-state index contributed by atoms with van der Waals surface area (Å²) in [5.74, 6) is 0.478. The molecule has 3 aromatic rings. The number of carboxylic acids is 1. The molecule has 6 nitrogen and oxygen atoms in total. The molecule has 2 aromatic carbocycles. The van der Waals surface area contributed by atoms with Crippen molar-refractivity contribution in [1.29, 1.82) is 0 Å². The average Bonchev–Trinajstić information content (AvgIpc) is 3.07. The minimum atomic E-state index is -4.42. The maximum Gasteiger partial charge on any atom is 0.416 e. The third-order valence-electron chi connectivity index (χ3n) is 6.69. The first kappa shape index (κ1) is 24.9. The maximum absolute atomic E-state index is 13.0. The number of hydrogen-bond acceptors (Lipinski definition) is 4. The van der Waals surface area contributed by atoms with Crippen molar-refractivity contribution in [3.63, 3.8) is 0 Å². The van der Waals surface area contributed by atoms with Crippen LogP contribution in [0.3, 0.4) is 0 Å². The zero-order valence-corrected chi connectivity index (χ0v) is 20.2. The SMILES string of the molecule is COc1cc2c(cc1C(=O)O)nc(Nc1ccc(C(F)(F)F)cc1)n2C[C@@H]1CC(C)CC(C)(C)C1. The van der Waals surface area contributed by atoms with Crippen molar-refractivity contribution < 1.29 is 27.8 Å². The Balaban J connectivity index is 1.76. The summed E-state index contributed by atoms with van der Waals surface area (Å²) >= 11 is 0. The molecule has 2 atom stereocenters. The lowest BCUT2D eigenvalue weighted by atomic mass is 9.68. The molecule has 1 fully saturated rings. The number of imidazole rings is 1. The van der Waals surface area contributed by atoms with Gasteiger partial charge in [-0.05, 0) is 66.8 Å². The zero-order valence-electron chi connectivity index (χ0n) is 20.2. The van der Waals surface area contributed by atoms with Crippen LogP contribution in [0.5, 0.6) is 5.75 Å². The fourth-order valence-electron chi connectivity index (χ4n) is 5.58. The van der Waals surface area contributed by atoms with E-state index in [0.717, 1.165) is 31.4 Å². The van der Waals surface area contributed by atoms with Gasteiger partial charge < -0.3 is 19.7 Å². The number of nitrogens with zero attached hydrogens (tertiary/aromatic N) is 2. The van der Waals surface area contributed by atoms with Crippen molar-refractivity contribution >= 4 is 28.6 Å². The smallest absolute Gasteiger partial charge is 0.416 e. The highest BCUT2D eigenvalue weighted by Gasteiger charge is 2.33. The van der Waals surface area contributed by atoms with Gasteiger partial charge in [0.15, 0.2) is 0 Å². The summed E-state index contributed by atoms with van der Waals surface area (Å²) in [6, 6.07) is 7.90. The van der Waals surface area contributed by atoms with Gasteiger partial charge in [-0.2, -0.15) is 13.2 Å². The minimum Gasteiger partial charge on any atom is -0.496 e. The summed E-state index contributed by atoms with van der Waals surface area (Å²) in [5.41, 5.74) is 1.10. The van der Waals surface area contributed by atoms with Gasteiger partial charge in [-0.3, -0.25) is 0 Å². The second-order valence-corrected chi connectivity index (χ2v) is 10.4. The van der Waals surface area contributed by atoms with E-state index < -0.39 is 17.7 Å². The first-order chi connectivity index (χ1) is 16.4. The molecule has 0 bridgehead atoms. The van der Waals surface area contributed by atoms with Crippen LogP contribution in [0.4, 0.5) is 24.8 Å². The van der Waals surface area contributed by atoms with Crippen molar-refractivity contribution in [1.82, 2.24) is 9.55 Å². The Morgan fingerprint density at radius 1 is 1.23 bits per heavy atom. The van der Waals surface area contributed by atoms with E-state index in [9.17, 15) is 23.1 Å². The Morgan fingerprint density at radius 2 is 1.91 bits per heavy atom. The molecular weight excluding hydrogens is 459 g/mol. The number of methoxy groups -OCH3 is 1. The summed E-state index contributed by atoms with van der Waals surface area (Å²) < 4.78 is 46.3. The molecule has 1 saturated carbocycles. The number of fused-ring (bicyclic) bond motifs is 1. The normalized spacial score (nSPS) is 20.1. The van der Waals surface area contributed by atoms with Gasteiger partial charge >= 0.3 is 12.1 Å². The van der Waals surface area contributed by atoms with Gasteiger partial charge in [0.1, 0.15) is 11.3 Å². The van der Waals surface area contributed by atoms with Crippen LogP contribution in [-0.2, 0) is 12.7 Å². The molecule has 2 N–H and O–H groups in total. The van der Waals surface area contributed by atoms with E-state index in [0.29, 0.717) is 41.0 Å². The molecule has 4 rings (SSSR count). The summed E-state index contributed by atoms with van der Waals surface area (Å²) in [4.78, 5) is 16.4. The van der Waals surface area contributed by atoms with Crippen LogP contribution in [-0.4, -0.2) is 27.7 Å². The highest BCUT2D eigenvalue weighted by molar-refractivity contribution is 5.96. The number of aromatic carboxylic acids is 1. The van der Waals surface area contributed by atoms with Crippen molar-refractivity contribution in [2.45, 2.75) is 52.8 Å². The van der Waals surface area contributed by atoms with Gasteiger partial charge in [-0.25, -0.2) is 9.78 Å². The third-order valence-corrected chi connectivity index (χ3v) is 6.69. The standard InChI is InChI=1S/C26H30F3N3O3/c1-15-9-16(13-25(2,3)12-15)14-32-21-11-22(35-4)19(23(33)34)10-20(21)31-24(32)30-18-7-5-17(6-8-18)26(27,28)29/h5-8,10-11,15-16H,9,12-14H2,1-4H3,(H,30,31)(H,33,34)/t15?,16-/m1/s1. The zero-order chi connectivity index (χ0) is 25.5. The van der Waals surface area contributed by atoms with Gasteiger partial charge in [-0.1, -0.05) is 20.8 Å². The second kappa shape index (κ2) is 9.09. The van der Waals surface area contributed by atoms with Gasteiger partial charge in [0, 0.05) is 18.3 Å². The van der Waals surface area contributed by atoms with Crippen molar-refractivity contribution in [3.05, 3.63) is 47.5 Å². The second-order valence-electron chi connectivity index (χ2n) is 10.4. The molecular formula is C26H30F3N3O3. The maximum atomic E-state index is 13.0. The number of benzene rings is 2. The van der Waals surface area contributed by atoms with Crippen molar-refractivity contribution in [3.8, 4) is 5.75 Å². The van der Waals surface area contributed by atoms with Crippen LogP contribution in [0.1, 0.15) is 56.0 Å². The van der Waals surface area contributed by atoms with E-state index in [2.05, 4.69) is 31.1 Å². The van der Waals surface area contributed by atoms with E-state index in [4.69, 9.17) is 4.74 Å². The molecule has 1 aliphatic carbocycles. The van der Waals surface area contributed by atoms with Crippen LogP contribution in [0.15, 0.2) is 36.4 Å². The Hall–Kier alpha value is -3.23. The Labute approximate surface area is 202 Å². The summed E-state index contributed by atoms with van der Waals surface area (Å²) in [6.45, 7) is 7.43. The number of nitrogens with one attached hydrogen (secondary N) is 1. The van der Waals surface area contributed by atoms with Gasteiger partial charge in [-0.15, -0.1) is 0 Å². The number of carbonyl (C=O) groups is 1. The monoisotopic (exact) mass is 489 g/mol. The number of alkyl halides is 3. The lowest BCUT2D eigenvalue weighted by molar-refractivity contribution is -0.137. The number of aromatic nitrogens is 2. The van der Waals surface area contributed by atoms with Crippen LogP contribution >= 0.6 is 0 Å². The minimum absolute atomic E-state index is 0.00171. The molecule has 0 amide bonds. The highest BCUT2D eigenvalue weighted by Crippen LogP contribution is 2.43. The topological polar surface area (TPSA) is 76.4 Å². The fourth-order valence-corrected chi connectivity index (χ4v) is 5.58. The highest BCUT2D eigenvalue weighted by atomic mass is 19.4. The van der Waals surface area contributed by atoms with E-state index >= 15 is 0 Å². The number of anilines is 2. The molecule has 35 heavy (non-hydrogen) atoms. The molecule has 1 aromatic heterocycles. The van der Waals surface area contributed by atoms with E-state index in [1.54, 1.807) is 6.07 Å². The fraction of sp³-hybridized carbons (Fsp3) is 0.462. The predicted octanol–water partition coefficient (Wildman–Crippen LogP) is 6.97. The molecule has 1 aliphatic rings. The molecule has 0 aliphatic heterocycles. The number of rotatable bonds is 6. The average molecular weight is 490 g/mol. The lowest BCUT2D eigenvalue weighted by Crippen LogP contribution is -2.30. The molecule has 9 heteroatoms. The largest absolute Gasteiger partial charge is 0.496 e. The van der Waals surface area contributed by atoms with Gasteiger partial charge in [0.25, 0.3) is 0 Å². The third kappa shape index (κ3) is 5.39. The molecule has 1 heterocycles. The molecule has 0 saturated heterocycles. The van der Waals surface area contributed by atoms with Crippen LogP contribution in [0.2, 0.25) is 0 Å². The first-order valence-electron chi connectivity index (χ1n) is 11.6. The Kier molecular flexibility index (Phi) is 6.46. The number of halogens is 3. The van der Waals surface area contributed by atoms with E-state index in [-0.39, 0.29) is 16.7 Å². The Bertz CT molecular complexity index is 1230. The van der Waals surface area contributed by atoms with Crippen LogP contribution in [0.25, 0.3) is 11.0 Å². The number of hydrogen-bond donors (Lipinski definition) is 2.